The quantitative estimate of drug-likeness (QED) is 0.773. The van der Waals surface area contributed by atoms with Gasteiger partial charge in [-0.05, 0) is 31.2 Å². The van der Waals surface area contributed by atoms with E-state index < -0.39 is 12.0 Å². The molecule has 1 saturated heterocycles. The average molecular weight is 248 g/mol. The lowest BCUT2D eigenvalue weighted by molar-refractivity contribution is -0.139. The lowest BCUT2D eigenvalue weighted by atomic mass is 10.1. The number of rotatable bonds is 3. The zero-order valence-corrected chi connectivity index (χ0v) is 10.2. The molecule has 0 radical (unpaired) electrons. The first kappa shape index (κ1) is 12.6. The van der Waals surface area contributed by atoms with Crippen LogP contribution in [0, 0.1) is 0 Å². The molecule has 0 spiro atoms. The standard InChI is InChI=1S/C13H16N2O3/c1-9(16)10-2-4-11(5-3-10)15-7-6-14-12(8-15)13(17)18/h2-5,12,14H,6-8H2,1H3,(H,17,18). The van der Waals surface area contributed by atoms with Crippen molar-refractivity contribution in [2.24, 2.45) is 0 Å². The summed E-state index contributed by atoms with van der Waals surface area (Å²) in [5.41, 5.74) is 1.62. The Kier molecular flexibility index (Phi) is 3.62. The van der Waals surface area contributed by atoms with Crippen molar-refractivity contribution in [3.63, 3.8) is 0 Å². The number of carboxylic acids is 1. The van der Waals surface area contributed by atoms with E-state index in [9.17, 15) is 9.59 Å². The molecule has 1 aromatic rings. The number of benzene rings is 1. The van der Waals surface area contributed by atoms with E-state index in [0.29, 0.717) is 18.7 Å². The van der Waals surface area contributed by atoms with Gasteiger partial charge in [0.2, 0.25) is 0 Å². The number of nitrogens with zero attached hydrogens (tertiary/aromatic N) is 1. The smallest absolute Gasteiger partial charge is 0.322 e. The number of carboxylic acid groups (broad SMARTS) is 1. The molecule has 1 atom stereocenters. The molecule has 0 aromatic heterocycles. The minimum absolute atomic E-state index is 0.0327. The molecule has 1 unspecified atom stereocenters. The van der Waals surface area contributed by atoms with Crippen molar-refractivity contribution in [1.82, 2.24) is 5.32 Å². The number of anilines is 1. The Hall–Kier alpha value is -1.88. The highest BCUT2D eigenvalue weighted by Crippen LogP contribution is 2.17. The van der Waals surface area contributed by atoms with E-state index in [2.05, 4.69) is 5.32 Å². The van der Waals surface area contributed by atoms with Crippen LogP contribution >= 0.6 is 0 Å². The number of carbonyl (C=O) groups is 2. The largest absolute Gasteiger partial charge is 0.480 e. The van der Waals surface area contributed by atoms with Gasteiger partial charge in [0.05, 0.1) is 0 Å². The molecule has 1 heterocycles. The van der Waals surface area contributed by atoms with Gasteiger partial charge in [0.1, 0.15) is 6.04 Å². The van der Waals surface area contributed by atoms with E-state index in [1.807, 2.05) is 17.0 Å². The van der Waals surface area contributed by atoms with Crippen LogP contribution < -0.4 is 10.2 Å². The Bertz CT molecular complexity index is 456. The van der Waals surface area contributed by atoms with E-state index in [-0.39, 0.29) is 5.78 Å². The molecule has 5 nitrogen and oxygen atoms in total. The summed E-state index contributed by atoms with van der Waals surface area (Å²) in [6, 6.07) is 6.73. The summed E-state index contributed by atoms with van der Waals surface area (Å²) in [5.74, 6) is -0.801. The van der Waals surface area contributed by atoms with Gasteiger partial charge >= 0.3 is 5.97 Å². The van der Waals surface area contributed by atoms with E-state index in [1.54, 1.807) is 12.1 Å². The maximum absolute atomic E-state index is 11.2. The molecular formula is C13H16N2O3. The molecule has 0 saturated carbocycles. The Balaban J connectivity index is 2.11. The summed E-state index contributed by atoms with van der Waals surface area (Å²) in [6.07, 6.45) is 0. The third-order valence-electron chi connectivity index (χ3n) is 3.11. The van der Waals surface area contributed by atoms with Gasteiger partial charge in [0, 0.05) is 30.9 Å². The normalized spacial score (nSPS) is 19.6. The molecule has 18 heavy (non-hydrogen) atoms. The number of hydrogen-bond donors (Lipinski definition) is 2. The SMILES string of the molecule is CC(=O)c1ccc(N2CCNC(C(=O)O)C2)cc1. The van der Waals surface area contributed by atoms with E-state index in [0.717, 1.165) is 12.2 Å². The zero-order valence-electron chi connectivity index (χ0n) is 10.2. The van der Waals surface area contributed by atoms with Crippen LogP contribution in [0.3, 0.4) is 0 Å². The minimum atomic E-state index is -0.833. The van der Waals surface area contributed by atoms with Crippen molar-refractivity contribution >= 4 is 17.4 Å². The zero-order chi connectivity index (χ0) is 13.1. The first-order valence-corrected chi connectivity index (χ1v) is 5.90. The van der Waals surface area contributed by atoms with Crippen molar-refractivity contribution in [2.75, 3.05) is 24.5 Å². The number of piperazine rings is 1. The number of ketones is 1. The number of aliphatic carboxylic acids is 1. The maximum Gasteiger partial charge on any atom is 0.322 e. The topological polar surface area (TPSA) is 69.6 Å². The third-order valence-corrected chi connectivity index (χ3v) is 3.11. The van der Waals surface area contributed by atoms with Gasteiger partial charge < -0.3 is 15.3 Å². The van der Waals surface area contributed by atoms with Crippen molar-refractivity contribution in [1.29, 1.82) is 0 Å². The number of hydrogen-bond acceptors (Lipinski definition) is 4. The van der Waals surface area contributed by atoms with Gasteiger partial charge in [-0.2, -0.15) is 0 Å². The second-order valence-corrected chi connectivity index (χ2v) is 4.39. The highest BCUT2D eigenvalue weighted by Gasteiger charge is 2.24. The van der Waals surface area contributed by atoms with Crippen LogP contribution in [0.15, 0.2) is 24.3 Å². The molecule has 1 aliphatic rings. The molecule has 2 N–H and O–H groups in total. The van der Waals surface area contributed by atoms with Gasteiger partial charge in [0.15, 0.2) is 5.78 Å². The Morgan fingerprint density at radius 3 is 2.56 bits per heavy atom. The predicted octanol–water partition coefficient (Wildman–Crippen LogP) is 0.752. The molecular weight excluding hydrogens is 232 g/mol. The molecule has 0 amide bonds. The predicted molar refractivity (Wildman–Crippen MR) is 68.1 cm³/mol. The molecule has 5 heteroatoms. The van der Waals surface area contributed by atoms with Crippen molar-refractivity contribution in [2.45, 2.75) is 13.0 Å². The van der Waals surface area contributed by atoms with E-state index >= 15 is 0 Å². The summed E-state index contributed by atoms with van der Waals surface area (Å²) in [6.45, 7) is 3.38. The van der Waals surface area contributed by atoms with Gasteiger partial charge in [-0.3, -0.25) is 9.59 Å². The number of Topliss-reactive ketones (excluding diaryl/α,β-unsaturated/α-hetero) is 1. The lowest BCUT2D eigenvalue weighted by Crippen LogP contribution is -2.54. The molecule has 1 fully saturated rings. The fraction of sp³-hybridized carbons (Fsp3) is 0.385. The summed E-state index contributed by atoms with van der Waals surface area (Å²) in [7, 11) is 0. The number of nitrogens with one attached hydrogen (secondary N) is 1. The van der Waals surface area contributed by atoms with Crippen LogP contribution in [0.4, 0.5) is 5.69 Å². The Morgan fingerprint density at radius 1 is 1.33 bits per heavy atom. The summed E-state index contributed by atoms with van der Waals surface area (Å²) < 4.78 is 0. The molecule has 0 aliphatic carbocycles. The first-order chi connectivity index (χ1) is 8.58. The molecule has 2 rings (SSSR count). The highest BCUT2D eigenvalue weighted by molar-refractivity contribution is 5.94. The van der Waals surface area contributed by atoms with Gasteiger partial charge in [-0.15, -0.1) is 0 Å². The maximum atomic E-state index is 11.2. The van der Waals surface area contributed by atoms with Crippen LogP contribution in [-0.4, -0.2) is 42.5 Å². The Morgan fingerprint density at radius 2 is 2.00 bits per heavy atom. The fourth-order valence-electron chi connectivity index (χ4n) is 2.06. The lowest BCUT2D eigenvalue weighted by Gasteiger charge is -2.33. The number of carbonyl (C=O) groups excluding carboxylic acids is 1. The van der Waals surface area contributed by atoms with Crippen molar-refractivity contribution in [3.8, 4) is 0 Å². The first-order valence-electron chi connectivity index (χ1n) is 5.90. The summed E-state index contributed by atoms with van der Waals surface area (Å²) >= 11 is 0. The minimum Gasteiger partial charge on any atom is -0.480 e. The van der Waals surface area contributed by atoms with Crippen LogP contribution in [0.1, 0.15) is 17.3 Å². The second-order valence-electron chi connectivity index (χ2n) is 4.39. The van der Waals surface area contributed by atoms with E-state index in [1.165, 1.54) is 6.92 Å². The van der Waals surface area contributed by atoms with Gasteiger partial charge in [0.25, 0.3) is 0 Å². The van der Waals surface area contributed by atoms with Gasteiger partial charge in [-0.1, -0.05) is 0 Å². The second kappa shape index (κ2) is 5.18. The van der Waals surface area contributed by atoms with Crippen LogP contribution in [0.2, 0.25) is 0 Å². The van der Waals surface area contributed by atoms with Gasteiger partial charge in [-0.25, -0.2) is 0 Å². The van der Waals surface area contributed by atoms with Crippen LogP contribution in [0.25, 0.3) is 0 Å². The summed E-state index contributed by atoms with van der Waals surface area (Å²) in [4.78, 5) is 24.1. The van der Waals surface area contributed by atoms with Crippen LogP contribution in [0.5, 0.6) is 0 Å². The summed E-state index contributed by atoms with van der Waals surface area (Å²) in [5, 5.41) is 11.9. The van der Waals surface area contributed by atoms with E-state index in [4.69, 9.17) is 5.11 Å². The fourth-order valence-corrected chi connectivity index (χ4v) is 2.06. The van der Waals surface area contributed by atoms with Crippen LogP contribution in [-0.2, 0) is 4.79 Å². The van der Waals surface area contributed by atoms with Crippen molar-refractivity contribution < 1.29 is 14.7 Å². The highest BCUT2D eigenvalue weighted by atomic mass is 16.4. The molecule has 96 valence electrons. The third kappa shape index (κ3) is 2.68. The molecule has 1 aromatic carbocycles. The average Bonchev–Trinajstić information content (AvgIpc) is 2.39. The van der Waals surface area contributed by atoms with Crippen molar-refractivity contribution in [3.05, 3.63) is 29.8 Å². The monoisotopic (exact) mass is 248 g/mol. The Labute approximate surface area is 105 Å². The molecule has 1 aliphatic heterocycles. The molecule has 0 bridgehead atoms.